The number of amides is 1. The summed E-state index contributed by atoms with van der Waals surface area (Å²) >= 11 is 0. The van der Waals surface area contributed by atoms with E-state index in [1.165, 1.54) is 0 Å². The number of rotatable bonds is 3. The monoisotopic (exact) mass is 260 g/mol. The van der Waals surface area contributed by atoms with Crippen LogP contribution in [0.5, 0.6) is 0 Å². The van der Waals surface area contributed by atoms with Gasteiger partial charge in [0, 0.05) is 19.3 Å². The number of carbonyl (C=O) groups excluding carboxylic acids is 1. The highest BCUT2D eigenvalue weighted by Crippen LogP contribution is 2.17. The van der Waals surface area contributed by atoms with E-state index in [0.29, 0.717) is 25.3 Å². The van der Waals surface area contributed by atoms with E-state index in [9.17, 15) is 4.79 Å². The molecule has 1 N–H and O–H groups in total. The van der Waals surface area contributed by atoms with Crippen molar-refractivity contribution in [3.8, 4) is 6.07 Å². The van der Waals surface area contributed by atoms with Crippen molar-refractivity contribution in [1.82, 2.24) is 9.88 Å². The lowest BCUT2D eigenvalue weighted by atomic mass is 10.1. The van der Waals surface area contributed by atoms with E-state index in [2.05, 4.69) is 10.3 Å². The average Bonchev–Trinajstić information content (AvgIpc) is 2.47. The highest BCUT2D eigenvalue weighted by atomic mass is 16.5. The van der Waals surface area contributed by atoms with Gasteiger partial charge in [0.2, 0.25) is 0 Å². The molecule has 0 aliphatic carbocycles. The summed E-state index contributed by atoms with van der Waals surface area (Å²) in [5, 5.41) is 12.0. The van der Waals surface area contributed by atoms with Gasteiger partial charge in [-0.2, -0.15) is 5.26 Å². The van der Waals surface area contributed by atoms with Crippen LogP contribution in [0.25, 0.3) is 0 Å². The van der Waals surface area contributed by atoms with Crippen molar-refractivity contribution in [3.05, 3.63) is 24.0 Å². The zero-order valence-electron chi connectivity index (χ0n) is 10.8. The van der Waals surface area contributed by atoms with E-state index in [4.69, 9.17) is 10.00 Å². The molecule has 2 heterocycles. The lowest BCUT2D eigenvalue weighted by Crippen LogP contribution is -2.45. The predicted molar refractivity (Wildman–Crippen MR) is 69.7 cm³/mol. The maximum atomic E-state index is 12.5. The minimum Gasteiger partial charge on any atom is -0.383 e. The number of nitrogens with zero attached hydrogens (tertiary/aromatic N) is 3. The molecule has 6 nitrogen and oxygen atoms in total. The molecule has 1 atom stereocenters. The molecule has 2 rings (SSSR count). The topological polar surface area (TPSA) is 78.2 Å². The van der Waals surface area contributed by atoms with Gasteiger partial charge >= 0.3 is 0 Å². The zero-order valence-corrected chi connectivity index (χ0v) is 10.8. The first-order valence-electron chi connectivity index (χ1n) is 6.24. The van der Waals surface area contributed by atoms with Gasteiger partial charge in [-0.15, -0.1) is 0 Å². The number of nitrogens with one attached hydrogen (secondary N) is 1. The molecule has 1 aliphatic heterocycles. The lowest BCUT2D eigenvalue weighted by molar-refractivity contribution is 0.00350. The van der Waals surface area contributed by atoms with Gasteiger partial charge in [0.05, 0.1) is 36.7 Å². The quantitative estimate of drug-likeness (QED) is 0.872. The molecule has 1 saturated heterocycles. The van der Waals surface area contributed by atoms with Crippen LogP contribution in [0.1, 0.15) is 17.3 Å². The zero-order chi connectivity index (χ0) is 13.7. The fourth-order valence-electron chi connectivity index (χ4n) is 1.99. The van der Waals surface area contributed by atoms with Gasteiger partial charge in [0.15, 0.2) is 6.10 Å². The number of carbonyl (C=O) groups is 1. The van der Waals surface area contributed by atoms with Crippen LogP contribution >= 0.6 is 0 Å². The third kappa shape index (κ3) is 3.01. The first-order chi connectivity index (χ1) is 9.26. The summed E-state index contributed by atoms with van der Waals surface area (Å²) in [6.45, 7) is 3.89. The molecule has 0 radical (unpaired) electrons. The molecule has 1 aliphatic rings. The number of hydrogen-bond acceptors (Lipinski definition) is 5. The minimum atomic E-state index is -0.540. The van der Waals surface area contributed by atoms with Crippen molar-refractivity contribution in [2.24, 2.45) is 0 Å². The summed E-state index contributed by atoms with van der Waals surface area (Å²) in [6, 6.07) is 3.73. The van der Waals surface area contributed by atoms with Crippen LogP contribution in [0, 0.1) is 11.3 Å². The molecule has 0 bridgehead atoms. The predicted octanol–water partition coefficient (Wildman–Crippen LogP) is 0.878. The van der Waals surface area contributed by atoms with Gasteiger partial charge in [-0.3, -0.25) is 9.78 Å². The van der Waals surface area contributed by atoms with Crippen LogP contribution < -0.4 is 5.32 Å². The number of anilines is 1. The van der Waals surface area contributed by atoms with Crippen LogP contribution in [0.2, 0.25) is 0 Å². The molecule has 100 valence electrons. The first kappa shape index (κ1) is 13.3. The van der Waals surface area contributed by atoms with Gasteiger partial charge in [-0.25, -0.2) is 0 Å². The van der Waals surface area contributed by atoms with Crippen molar-refractivity contribution in [1.29, 1.82) is 5.26 Å². The molecule has 19 heavy (non-hydrogen) atoms. The molecule has 6 heteroatoms. The summed E-state index contributed by atoms with van der Waals surface area (Å²) in [5.74, 6) is -0.0955. The Hall–Kier alpha value is -2.13. The summed E-state index contributed by atoms with van der Waals surface area (Å²) in [4.78, 5) is 18.1. The second kappa shape index (κ2) is 6.16. The van der Waals surface area contributed by atoms with Gasteiger partial charge in [-0.1, -0.05) is 0 Å². The summed E-state index contributed by atoms with van der Waals surface area (Å²) in [5.41, 5.74) is 1.30. The number of aromatic nitrogens is 1. The molecule has 1 amide bonds. The highest BCUT2D eigenvalue weighted by molar-refractivity contribution is 5.99. The number of nitriles is 1. The standard InChI is InChI=1S/C13H16N4O2/c1-2-16-12-8-15-4-3-11(12)13(18)17-5-6-19-10(7-14)9-17/h3-4,8,10,16H,2,5-6,9H2,1H3. The van der Waals surface area contributed by atoms with E-state index in [0.717, 1.165) is 12.2 Å². The molecule has 0 saturated carbocycles. The van der Waals surface area contributed by atoms with Gasteiger partial charge in [0.1, 0.15) is 0 Å². The third-order valence-corrected chi connectivity index (χ3v) is 2.92. The van der Waals surface area contributed by atoms with Crippen molar-refractivity contribution in [3.63, 3.8) is 0 Å². The maximum absolute atomic E-state index is 12.5. The van der Waals surface area contributed by atoms with E-state index in [1.54, 1.807) is 23.4 Å². The largest absolute Gasteiger partial charge is 0.383 e. The Morgan fingerprint density at radius 3 is 3.32 bits per heavy atom. The van der Waals surface area contributed by atoms with Gasteiger partial charge < -0.3 is 15.0 Å². The van der Waals surface area contributed by atoms with E-state index in [-0.39, 0.29) is 5.91 Å². The van der Waals surface area contributed by atoms with E-state index in [1.807, 2.05) is 13.0 Å². The fourth-order valence-corrected chi connectivity index (χ4v) is 1.99. The Morgan fingerprint density at radius 2 is 2.58 bits per heavy atom. The van der Waals surface area contributed by atoms with Crippen LogP contribution in [-0.2, 0) is 4.74 Å². The molecule has 0 spiro atoms. The number of morpholine rings is 1. The van der Waals surface area contributed by atoms with Crippen molar-refractivity contribution in [2.45, 2.75) is 13.0 Å². The summed E-state index contributed by atoms with van der Waals surface area (Å²) in [7, 11) is 0. The number of hydrogen-bond donors (Lipinski definition) is 1. The molecular formula is C13H16N4O2. The Kier molecular flexibility index (Phi) is 4.31. The number of pyridine rings is 1. The van der Waals surface area contributed by atoms with E-state index < -0.39 is 6.10 Å². The summed E-state index contributed by atoms with van der Waals surface area (Å²) < 4.78 is 5.24. The molecule has 1 aromatic heterocycles. The second-order valence-electron chi connectivity index (χ2n) is 4.19. The third-order valence-electron chi connectivity index (χ3n) is 2.92. The van der Waals surface area contributed by atoms with Crippen molar-refractivity contribution in [2.75, 3.05) is 31.6 Å². The molecule has 0 aromatic carbocycles. The molecule has 1 aromatic rings. The summed E-state index contributed by atoms with van der Waals surface area (Å²) in [6.07, 6.45) is 2.69. The highest BCUT2D eigenvalue weighted by Gasteiger charge is 2.26. The lowest BCUT2D eigenvalue weighted by Gasteiger charge is -2.30. The van der Waals surface area contributed by atoms with Crippen LogP contribution in [-0.4, -0.2) is 48.1 Å². The Morgan fingerprint density at radius 1 is 1.74 bits per heavy atom. The van der Waals surface area contributed by atoms with Crippen LogP contribution in [0.3, 0.4) is 0 Å². The van der Waals surface area contributed by atoms with Crippen molar-refractivity contribution < 1.29 is 9.53 Å². The molecule has 1 unspecified atom stereocenters. The van der Waals surface area contributed by atoms with Crippen molar-refractivity contribution >= 4 is 11.6 Å². The normalized spacial score (nSPS) is 18.7. The first-order valence-corrected chi connectivity index (χ1v) is 6.24. The maximum Gasteiger partial charge on any atom is 0.256 e. The van der Waals surface area contributed by atoms with E-state index >= 15 is 0 Å². The SMILES string of the molecule is CCNc1cnccc1C(=O)N1CCOC(C#N)C1. The smallest absolute Gasteiger partial charge is 0.256 e. The second-order valence-corrected chi connectivity index (χ2v) is 4.19. The van der Waals surface area contributed by atoms with Crippen LogP contribution in [0.4, 0.5) is 5.69 Å². The fraction of sp³-hybridized carbons (Fsp3) is 0.462. The van der Waals surface area contributed by atoms with Crippen LogP contribution in [0.15, 0.2) is 18.5 Å². The van der Waals surface area contributed by atoms with Gasteiger partial charge in [-0.05, 0) is 13.0 Å². The molecular weight excluding hydrogens is 244 g/mol. The Balaban J connectivity index is 2.17. The van der Waals surface area contributed by atoms with Gasteiger partial charge in [0.25, 0.3) is 5.91 Å². The number of ether oxygens (including phenoxy) is 1. The Labute approximate surface area is 112 Å². The Bertz CT molecular complexity index is 498. The minimum absolute atomic E-state index is 0.0955. The average molecular weight is 260 g/mol. The molecule has 1 fully saturated rings.